The summed E-state index contributed by atoms with van der Waals surface area (Å²) in [4.78, 5) is 67.3. The Balaban J connectivity index is 1.54. The molecule has 0 aromatic carbocycles. The lowest BCUT2D eigenvalue weighted by Gasteiger charge is -2.73. The molecule has 14 atom stereocenters. The number of ketones is 2. The molecule has 0 radical (unpaired) electrons. The predicted molar refractivity (Wildman–Crippen MR) is 161 cm³/mol. The van der Waals surface area contributed by atoms with Crippen LogP contribution in [0.2, 0.25) is 0 Å². The molecule has 12 heteroatoms. The molecular formula is C35H46O12. The molecule has 258 valence electrons. The van der Waals surface area contributed by atoms with Crippen molar-refractivity contribution in [3.8, 4) is 0 Å². The number of Topliss-reactive ketones (excluding diaryl/α,β-unsaturated/α-hetero) is 2. The van der Waals surface area contributed by atoms with Gasteiger partial charge in [0.15, 0.2) is 12.2 Å². The molecule has 1 aliphatic heterocycles. The third kappa shape index (κ3) is 4.46. The summed E-state index contributed by atoms with van der Waals surface area (Å²) in [7, 11) is 0. The molecule has 5 aliphatic rings. The molecule has 4 saturated carbocycles. The lowest BCUT2D eigenvalue weighted by atomic mass is 9.33. The summed E-state index contributed by atoms with van der Waals surface area (Å²) >= 11 is 0. The Morgan fingerprint density at radius 1 is 1.00 bits per heavy atom. The summed E-state index contributed by atoms with van der Waals surface area (Å²) in [6.07, 6.45) is -3.28. The average molecular weight is 659 g/mol. The van der Waals surface area contributed by atoms with Gasteiger partial charge in [-0.15, -0.1) is 0 Å². The van der Waals surface area contributed by atoms with E-state index in [4.69, 9.17) is 23.4 Å². The van der Waals surface area contributed by atoms with Gasteiger partial charge >= 0.3 is 17.9 Å². The van der Waals surface area contributed by atoms with Gasteiger partial charge in [0.2, 0.25) is 6.29 Å². The minimum absolute atomic E-state index is 0.0117. The van der Waals surface area contributed by atoms with Crippen molar-refractivity contribution in [3.63, 3.8) is 0 Å². The monoisotopic (exact) mass is 658 g/mol. The smallest absolute Gasteiger partial charge is 0.310 e. The van der Waals surface area contributed by atoms with Gasteiger partial charge in [-0.2, -0.15) is 0 Å². The topological polar surface area (TPSA) is 176 Å². The van der Waals surface area contributed by atoms with Crippen LogP contribution >= 0.6 is 0 Å². The van der Waals surface area contributed by atoms with Crippen LogP contribution in [0.3, 0.4) is 0 Å². The van der Waals surface area contributed by atoms with Gasteiger partial charge in [0, 0.05) is 55.3 Å². The maximum atomic E-state index is 14.8. The molecule has 2 N–H and O–H groups in total. The van der Waals surface area contributed by atoms with Gasteiger partial charge in [-0.25, -0.2) is 0 Å². The van der Waals surface area contributed by atoms with E-state index < -0.39 is 93.9 Å². The number of esters is 3. The Morgan fingerprint density at radius 3 is 2.28 bits per heavy atom. The summed E-state index contributed by atoms with van der Waals surface area (Å²) in [5.41, 5.74) is -4.40. The molecule has 2 heterocycles. The maximum absolute atomic E-state index is 14.8. The van der Waals surface area contributed by atoms with Crippen molar-refractivity contribution >= 4 is 29.5 Å². The van der Waals surface area contributed by atoms with Crippen LogP contribution < -0.4 is 0 Å². The minimum atomic E-state index is -1.61. The van der Waals surface area contributed by atoms with Crippen LogP contribution in [-0.2, 0) is 42.9 Å². The predicted octanol–water partition coefficient (Wildman–Crippen LogP) is 3.11. The number of hydrogen-bond donors (Lipinski definition) is 2. The summed E-state index contributed by atoms with van der Waals surface area (Å²) in [6, 6.07) is 1.79. The van der Waals surface area contributed by atoms with E-state index >= 15 is 0 Å². The van der Waals surface area contributed by atoms with Crippen molar-refractivity contribution in [2.75, 3.05) is 6.61 Å². The van der Waals surface area contributed by atoms with Gasteiger partial charge < -0.3 is 33.6 Å². The summed E-state index contributed by atoms with van der Waals surface area (Å²) < 4.78 is 29.2. The lowest BCUT2D eigenvalue weighted by molar-refractivity contribution is -0.387. The molecule has 4 aliphatic carbocycles. The maximum Gasteiger partial charge on any atom is 0.310 e. The summed E-state index contributed by atoms with van der Waals surface area (Å²) in [5, 5.41) is 24.7. The molecule has 0 spiro atoms. The average Bonchev–Trinajstić information content (AvgIpc) is 3.61. The van der Waals surface area contributed by atoms with Crippen molar-refractivity contribution < 1.29 is 57.6 Å². The molecule has 0 unspecified atom stereocenters. The summed E-state index contributed by atoms with van der Waals surface area (Å²) in [6.45, 7) is 10.9. The fraction of sp³-hybridized carbons (Fsp3) is 0.743. The highest BCUT2D eigenvalue weighted by atomic mass is 16.7. The fourth-order valence-electron chi connectivity index (χ4n) is 11.0. The van der Waals surface area contributed by atoms with Crippen LogP contribution in [0.5, 0.6) is 0 Å². The number of ether oxygens (including phenoxy) is 4. The van der Waals surface area contributed by atoms with Gasteiger partial charge in [-0.1, -0.05) is 27.7 Å². The highest BCUT2D eigenvalue weighted by Gasteiger charge is 2.82. The van der Waals surface area contributed by atoms with Gasteiger partial charge in [0.05, 0.1) is 36.6 Å². The van der Waals surface area contributed by atoms with Crippen molar-refractivity contribution in [1.82, 2.24) is 0 Å². The van der Waals surface area contributed by atoms with Crippen LogP contribution in [0.15, 0.2) is 23.0 Å². The number of rotatable bonds is 6. The van der Waals surface area contributed by atoms with E-state index in [1.165, 1.54) is 13.2 Å². The first-order valence-corrected chi connectivity index (χ1v) is 16.6. The van der Waals surface area contributed by atoms with E-state index in [1.54, 1.807) is 33.1 Å². The molecule has 12 nitrogen and oxygen atoms in total. The molecule has 0 amide bonds. The number of hydrogen-bond acceptors (Lipinski definition) is 12. The second kappa shape index (κ2) is 11.2. The van der Waals surface area contributed by atoms with E-state index in [0.717, 1.165) is 12.5 Å². The molecular weight excluding hydrogens is 612 g/mol. The van der Waals surface area contributed by atoms with Gasteiger partial charge in [0.25, 0.3) is 0 Å². The zero-order valence-electron chi connectivity index (χ0n) is 28.0. The van der Waals surface area contributed by atoms with Crippen LogP contribution in [0.1, 0.15) is 85.6 Å². The highest BCUT2D eigenvalue weighted by Crippen LogP contribution is 2.75. The fourth-order valence-corrected chi connectivity index (χ4v) is 11.0. The quantitative estimate of drug-likeness (QED) is 0.338. The van der Waals surface area contributed by atoms with Crippen molar-refractivity contribution in [1.29, 1.82) is 0 Å². The largest absolute Gasteiger partial charge is 0.472 e. The molecule has 2 bridgehead atoms. The van der Waals surface area contributed by atoms with Crippen LogP contribution in [0.4, 0.5) is 0 Å². The van der Waals surface area contributed by atoms with Gasteiger partial charge in [-0.05, 0) is 42.7 Å². The molecule has 6 rings (SSSR count). The van der Waals surface area contributed by atoms with Crippen LogP contribution in [0, 0.1) is 45.3 Å². The Labute approximate surface area is 273 Å². The van der Waals surface area contributed by atoms with Crippen molar-refractivity contribution in [3.05, 3.63) is 24.2 Å². The lowest BCUT2D eigenvalue weighted by Crippen LogP contribution is -2.82. The molecule has 1 aromatic heterocycles. The minimum Gasteiger partial charge on any atom is -0.472 e. The first kappa shape index (κ1) is 33.8. The van der Waals surface area contributed by atoms with E-state index in [-0.39, 0.29) is 43.4 Å². The first-order valence-electron chi connectivity index (χ1n) is 16.6. The van der Waals surface area contributed by atoms with E-state index in [1.807, 2.05) is 13.8 Å². The van der Waals surface area contributed by atoms with E-state index in [9.17, 15) is 34.2 Å². The Bertz CT molecular complexity index is 1470. The Hall–Kier alpha value is -3.09. The number of aliphatic hydroxyl groups excluding tert-OH is 2. The van der Waals surface area contributed by atoms with E-state index in [2.05, 4.69) is 0 Å². The normalized spacial score (nSPS) is 46.0. The van der Waals surface area contributed by atoms with Crippen molar-refractivity contribution in [2.45, 2.75) is 111 Å². The Morgan fingerprint density at radius 2 is 1.68 bits per heavy atom. The zero-order valence-corrected chi connectivity index (χ0v) is 28.0. The molecule has 1 aromatic rings. The van der Waals surface area contributed by atoms with Gasteiger partial charge in [-0.3, -0.25) is 24.0 Å². The number of carbonyl (C=O) groups excluding carboxylic acids is 5. The SMILES string of the molecule is CC[C@@H](C)C(=O)O[C@@H]1OC[C@]23[C@@H](O)[C@@H](OC(C)=O)[C@@H](OC(C)=O)[C@@]1(C)[C@@H]2C[C@@H](O)[C@@]1(C)[C@@H]2C(=O)C[C@@H](c4ccoc4)[C@]2(C)CC(=O)[C@@H]13. The third-order valence-electron chi connectivity index (χ3n) is 13.0. The first-order chi connectivity index (χ1) is 22.0. The number of fused-ring (bicyclic) bond motifs is 3. The van der Waals surface area contributed by atoms with Gasteiger partial charge in [0.1, 0.15) is 17.7 Å². The Kier molecular flexibility index (Phi) is 8.08. The zero-order chi connectivity index (χ0) is 34.4. The number of furan rings is 1. The van der Waals surface area contributed by atoms with Crippen LogP contribution in [-0.4, -0.2) is 77.0 Å². The standard InChI is InChI=1S/C35H46O12/c1-8-16(2)30(42)47-31-33(6)23-12-24(40)34(7)26-21(38)11-20(19-9-10-43-14-19)32(26,5)13-22(39)27(34)35(23,15-44-31)28(41)25(45-17(3)36)29(33)46-18(4)37/h9-10,14,16,20,23-29,31,40-41H,8,11-13,15H2,1-7H3/t16-,20+,23+,24-,25-,26-,27+,28+,29-,31+,32+,33-,34+,35+/m1/s1. The number of aliphatic hydroxyl groups is 2. The van der Waals surface area contributed by atoms with E-state index in [0.29, 0.717) is 6.42 Å². The second-order valence-electron chi connectivity index (χ2n) is 15.4. The molecule has 1 saturated heterocycles. The highest BCUT2D eigenvalue weighted by molar-refractivity contribution is 5.94. The second-order valence-corrected chi connectivity index (χ2v) is 15.4. The molecule has 47 heavy (non-hydrogen) atoms. The number of carbonyl (C=O) groups is 5. The molecule has 5 fully saturated rings. The summed E-state index contributed by atoms with van der Waals surface area (Å²) in [5.74, 6) is -5.93. The van der Waals surface area contributed by atoms with Crippen molar-refractivity contribution in [2.24, 2.45) is 45.3 Å². The van der Waals surface area contributed by atoms with Crippen LogP contribution in [0.25, 0.3) is 0 Å². The third-order valence-corrected chi connectivity index (χ3v) is 13.0.